The number of carboxylic acid groups (broad SMARTS) is 1. The monoisotopic (exact) mass is 1130 g/mol. The van der Waals surface area contributed by atoms with Crippen LogP contribution in [0.3, 0.4) is 0 Å². The lowest BCUT2D eigenvalue weighted by Gasteiger charge is -2.30. The average Bonchev–Trinajstić information content (AvgIpc) is 3.56. The van der Waals surface area contributed by atoms with Crippen LogP contribution in [0, 0.1) is 0 Å². The van der Waals surface area contributed by atoms with Crippen molar-refractivity contribution in [2.24, 2.45) is 0 Å². The van der Waals surface area contributed by atoms with Crippen molar-refractivity contribution < 1.29 is 91.1 Å². The predicted octanol–water partition coefficient (Wildman–Crippen LogP) is 3.53. The normalized spacial score (nSPS) is 16.4. The summed E-state index contributed by atoms with van der Waals surface area (Å²) in [4.78, 5) is 12.0. The van der Waals surface area contributed by atoms with Gasteiger partial charge in [-0.15, -0.1) is 0 Å². The number of carboxylic acids is 1. The zero-order valence-electron chi connectivity index (χ0n) is 44.1. The van der Waals surface area contributed by atoms with E-state index in [1.165, 1.54) is 18.2 Å². The summed E-state index contributed by atoms with van der Waals surface area (Å²) >= 11 is 0. The topological polar surface area (TPSA) is 302 Å². The Labute approximate surface area is 447 Å². The standard InChI is InChI=1S/C51H76N2O20S3/c1-50(2,3)44-38-41(73-47-37-40(11-13-43(44)47)52(17-7-35-74(56,57)58)19-22-68-27-30-72-32-31-69-24-23-65-5)9-6-10-48-51(4,16-21-67-26-29-71-34-33-70-28-25-66-20-15-49(54)55)45-39-42(76(62,63)64)12-14-46(45)53(48)18-8-36-75(59,60)61/h6,9-14,37-39H,7-8,15-36H2,1-5H3,(H3-,54,55,56,57,58,59,60,61,62,63,64)/p-2. The highest BCUT2D eigenvalue weighted by atomic mass is 32.2. The van der Waals surface area contributed by atoms with Crippen molar-refractivity contribution in [3.8, 4) is 11.3 Å². The summed E-state index contributed by atoms with van der Waals surface area (Å²) in [6, 6.07) is 11.6. The first-order chi connectivity index (χ1) is 35.9. The molecule has 0 fully saturated rings. The number of carbonyl (C=O) groups is 1. The minimum absolute atomic E-state index is 0.0525. The molecule has 3 aliphatic rings. The molecule has 0 amide bonds. The Balaban J connectivity index is 1.64. The van der Waals surface area contributed by atoms with Crippen LogP contribution in [0.1, 0.15) is 70.3 Å². The molecule has 4 rings (SSSR count). The van der Waals surface area contributed by atoms with E-state index >= 15 is 0 Å². The van der Waals surface area contributed by atoms with Crippen LogP contribution in [0.15, 0.2) is 69.6 Å². The van der Waals surface area contributed by atoms with Crippen molar-refractivity contribution in [3.63, 3.8) is 0 Å². The number of nitrogens with zero attached hydrogens (tertiary/aromatic N) is 2. The molecule has 1 atom stereocenters. The molecule has 0 radical (unpaired) electrons. The van der Waals surface area contributed by atoms with Gasteiger partial charge in [0.1, 0.15) is 34.8 Å². The van der Waals surface area contributed by atoms with Gasteiger partial charge in [-0.3, -0.25) is 4.79 Å². The second-order valence-electron chi connectivity index (χ2n) is 18.9. The maximum Gasteiger partial charge on any atom is 0.305 e. The summed E-state index contributed by atoms with van der Waals surface area (Å²) in [5.41, 5.74) is 1.97. The maximum absolute atomic E-state index is 12.4. The van der Waals surface area contributed by atoms with Crippen molar-refractivity contribution in [3.05, 3.63) is 82.6 Å². The number of benzene rings is 2. The highest BCUT2D eigenvalue weighted by molar-refractivity contribution is 7.86. The lowest BCUT2D eigenvalue weighted by atomic mass is 9.78. The average molecular weight is 1130 g/mol. The Morgan fingerprint density at radius 2 is 1.26 bits per heavy atom. The highest BCUT2D eigenvalue weighted by Crippen LogP contribution is 2.51. The smallest absolute Gasteiger partial charge is 0.305 e. The van der Waals surface area contributed by atoms with Crippen molar-refractivity contribution in [1.29, 1.82) is 0 Å². The Morgan fingerprint density at radius 1 is 0.711 bits per heavy atom. The molecule has 76 heavy (non-hydrogen) atoms. The van der Waals surface area contributed by atoms with Crippen LogP contribution >= 0.6 is 0 Å². The van der Waals surface area contributed by atoms with E-state index in [4.69, 9.17) is 47.4 Å². The van der Waals surface area contributed by atoms with E-state index in [1.807, 2.05) is 35.8 Å². The van der Waals surface area contributed by atoms with Crippen molar-refractivity contribution in [2.45, 2.75) is 69.1 Å². The minimum atomic E-state index is -4.90. The molecule has 0 saturated carbocycles. The van der Waals surface area contributed by atoms with Gasteiger partial charge in [0.25, 0.3) is 0 Å². The number of fused-ring (bicyclic) bond motifs is 2. The summed E-state index contributed by atoms with van der Waals surface area (Å²) in [6.07, 6.45) is 5.46. The molecule has 1 unspecified atom stereocenters. The molecule has 0 saturated heterocycles. The van der Waals surface area contributed by atoms with Gasteiger partial charge in [0, 0.05) is 66.6 Å². The molecule has 0 bridgehead atoms. The Kier molecular flexibility index (Phi) is 26.6. The third-order valence-electron chi connectivity index (χ3n) is 12.1. The number of rotatable bonds is 38. The molecule has 25 heteroatoms. The van der Waals surface area contributed by atoms with Crippen LogP contribution in [0.4, 0.5) is 5.69 Å². The van der Waals surface area contributed by atoms with Crippen molar-refractivity contribution in [2.75, 3.05) is 142 Å². The summed E-state index contributed by atoms with van der Waals surface area (Å²) in [5.74, 6) is -1.19. The van der Waals surface area contributed by atoms with Gasteiger partial charge in [-0.2, -0.15) is 0 Å². The van der Waals surface area contributed by atoms with Crippen LogP contribution in [-0.4, -0.2) is 187 Å². The first kappa shape index (κ1) is 64.3. The zero-order valence-corrected chi connectivity index (χ0v) is 46.5. The van der Waals surface area contributed by atoms with Gasteiger partial charge >= 0.3 is 5.97 Å². The van der Waals surface area contributed by atoms with E-state index in [1.54, 1.807) is 30.2 Å². The Bertz CT molecular complexity index is 2740. The van der Waals surface area contributed by atoms with Gasteiger partial charge in [0.2, 0.25) is 5.36 Å². The van der Waals surface area contributed by atoms with Gasteiger partial charge in [0.05, 0.1) is 124 Å². The number of hydrogen-bond acceptors (Lipinski definition) is 20. The molecule has 428 valence electrons. The molecule has 1 aromatic rings. The summed E-state index contributed by atoms with van der Waals surface area (Å²) < 4.78 is 160. The van der Waals surface area contributed by atoms with E-state index in [0.717, 1.165) is 11.1 Å². The highest BCUT2D eigenvalue weighted by Gasteiger charge is 2.43. The maximum atomic E-state index is 12.4. The fourth-order valence-electron chi connectivity index (χ4n) is 8.28. The second kappa shape index (κ2) is 31.4. The largest absolute Gasteiger partial charge is 0.748 e. The van der Waals surface area contributed by atoms with Gasteiger partial charge in [-0.25, -0.2) is 29.8 Å². The molecule has 0 aromatic heterocycles. The SMILES string of the molecule is COCCOCCOCCOCC[N+](CCCS(=O)(=O)[O-])=c1ccc2c(C(C)(C)C)cc(/C=C/C=C3/N(CCCS(=O)(=O)[O-])c4ccc(S(=O)(=O)[O-])cc4C3(C)CCOCCOCCOCCOCCC(=O)O)oc-2c1. The van der Waals surface area contributed by atoms with Crippen LogP contribution in [-0.2, 0) is 83.9 Å². The fourth-order valence-corrected chi connectivity index (χ4v) is 9.74. The van der Waals surface area contributed by atoms with Gasteiger partial charge in [0.15, 0.2) is 6.54 Å². The number of hydrogen-bond donors (Lipinski definition) is 1. The summed E-state index contributed by atoms with van der Waals surface area (Å²) in [6.45, 7) is 13.1. The van der Waals surface area contributed by atoms with Crippen molar-refractivity contribution in [1.82, 2.24) is 4.58 Å². The van der Waals surface area contributed by atoms with E-state index in [2.05, 4.69) is 20.8 Å². The molecule has 1 N–H and O–H groups in total. The van der Waals surface area contributed by atoms with Crippen LogP contribution in [0.2, 0.25) is 0 Å². The Morgan fingerprint density at radius 3 is 1.82 bits per heavy atom. The molecule has 2 aliphatic heterocycles. The summed E-state index contributed by atoms with van der Waals surface area (Å²) in [7, 11) is -12.3. The lowest BCUT2D eigenvalue weighted by Crippen LogP contribution is -2.35. The zero-order chi connectivity index (χ0) is 55.8. The lowest BCUT2D eigenvalue weighted by molar-refractivity contribution is -0.138. The van der Waals surface area contributed by atoms with Gasteiger partial charge in [-0.1, -0.05) is 26.8 Å². The van der Waals surface area contributed by atoms with Crippen LogP contribution < -0.4 is 14.8 Å². The van der Waals surface area contributed by atoms with Crippen molar-refractivity contribution >= 4 is 48.1 Å². The second-order valence-corrected chi connectivity index (χ2v) is 23.3. The Hall–Kier alpha value is -4.19. The molecular weight excluding hydrogens is 1060 g/mol. The van der Waals surface area contributed by atoms with E-state index < -0.39 is 58.1 Å². The number of allylic oxidation sites excluding steroid dienone is 3. The predicted molar refractivity (Wildman–Crippen MR) is 278 cm³/mol. The van der Waals surface area contributed by atoms with E-state index in [-0.39, 0.29) is 104 Å². The minimum Gasteiger partial charge on any atom is -0.748 e. The van der Waals surface area contributed by atoms with Crippen LogP contribution in [0.5, 0.6) is 0 Å². The molecule has 1 aromatic carbocycles. The number of aliphatic carboxylic acids is 1. The number of ether oxygens (including phenoxy) is 8. The fraction of sp³-hybridized carbons (Fsp3) is 0.608. The molecule has 22 nitrogen and oxygen atoms in total. The summed E-state index contributed by atoms with van der Waals surface area (Å²) in [5, 5.41) is 9.39. The molecule has 2 heterocycles. The number of methoxy groups -OCH3 is 1. The molecule has 0 spiro atoms. The first-order valence-corrected chi connectivity index (χ1v) is 29.5. The van der Waals surface area contributed by atoms with E-state index in [0.29, 0.717) is 80.0 Å². The molecule has 1 aliphatic carbocycles. The third-order valence-corrected chi connectivity index (χ3v) is 14.5. The quantitative estimate of drug-likeness (QED) is 0.0487. The molecular formula is C51H74N2O20S3-2. The van der Waals surface area contributed by atoms with Crippen LogP contribution in [0.25, 0.3) is 17.4 Å². The third kappa shape index (κ3) is 22.6. The first-order valence-electron chi connectivity index (χ1n) is 25.0. The van der Waals surface area contributed by atoms with E-state index in [9.17, 15) is 43.7 Å². The van der Waals surface area contributed by atoms with Gasteiger partial charge < -0.3 is 66.0 Å². The number of anilines is 1. The van der Waals surface area contributed by atoms with Gasteiger partial charge in [-0.05, 0) is 78.8 Å².